The summed E-state index contributed by atoms with van der Waals surface area (Å²) < 4.78 is 22.9. The highest BCUT2D eigenvalue weighted by molar-refractivity contribution is 5.69. The van der Waals surface area contributed by atoms with Crippen LogP contribution in [0.25, 0.3) is 0 Å². The predicted octanol–water partition coefficient (Wildman–Crippen LogP) is 13.5. The van der Waals surface area contributed by atoms with Crippen LogP contribution in [0.4, 0.5) is 0 Å². The van der Waals surface area contributed by atoms with Gasteiger partial charge < -0.3 is 39.4 Å². The fourth-order valence-corrected chi connectivity index (χ4v) is 8.67. The Morgan fingerprint density at radius 2 is 0.873 bits per heavy atom. The van der Waals surface area contributed by atoms with Crippen molar-refractivity contribution < 1.29 is 44.2 Å². The van der Waals surface area contributed by atoms with Gasteiger partial charge >= 0.3 is 5.97 Å². The van der Waals surface area contributed by atoms with E-state index >= 15 is 0 Å². The number of carbonyl (C=O) groups is 1. The van der Waals surface area contributed by atoms with Crippen molar-refractivity contribution in [1.29, 1.82) is 0 Å². The molecule has 1 fully saturated rings. The molecule has 1 saturated heterocycles. The molecule has 63 heavy (non-hydrogen) atoms. The maximum Gasteiger partial charge on any atom is 0.306 e. The number of carbonyl (C=O) groups excluding carboxylic acids is 1. The highest BCUT2D eigenvalue weighted by atomic mass is 16.7. The number of hydrogen-bond acceptors (Lipinski definition) is 9. The van der Waals surface area contributed by atoms with Crippen LogP contribution < -0.4 is 0 Å². The number of aliphatic hydroxyl groups excluding tert-OH is 4. The zero-order valence-electron chi connectivity index (χ0n) is 41.4. The van der Waals surface area contributed by atoms with Gasteiger partial charge in [-0.15, -0.1) is 0 Å². The van der Waals surface area contributed by atoms with Crippen molar-refractivity contribution >= 4 is 5.97 Å². The number of esters is 1. The van der Waals surface area contributed by atoms with Crippen LogP contribution in [-0.4, -0.2) is 89.6 Å². The standard InChI is InChI=1S/C54H104O9/c1-3-5-7-9-11-13-15-17-19-20-21-22-23-24-25-26-27-28-29-30-32-34-36-38-40-42-44-60-46-48(47-61-54-53(59)52(58)51(57)49(45-55)63-54)62-50(56)43-41-39-37-35-33-31-18-16-14-12-10-8-6-4-2/h20-21,48-49,51-55,57-59H,3-19,22-47H2,1-2H3/b21-20-. The fraction of sp³-hybridized carbons (Fsp3) is 0.944. The minimum absolute atomic E-state index is 0.107. The van der Waals surface area contributed by atoms with Crippen LogP contribution in [0.15, 0.2) is 12.2 Å². The van der Waals surface area contributed by atoms with Gasteiger partial charge in [-0.05, 0) is 38.5 Å². The number of rotatable bonds is 48. The molecule has 6 unspecified atom stereocenters. The monoisotopic (exact) mass is 897 g/mol. The molecule has 374 valence electrons. The molecule has 1 aliphatic heterocycles. The Morgan fingerprint density at radius 1 is 0.492 bits per heavy atom. The van der Waals surface area contributed by atoms with Gasteiger partial charge in [0.05, 0.1) is 19.8 Å². The number of unbranched alkanes of at least 4 members (excludes halogenated alkanes) is 35. The third-order valence-corrected chi connectivity index (χ3v) is 12.9. The zero-order chi connectivity index (χ0) is 45.7. The molecular weight excluding hydrogens is 793 g/mol. The summed E-state index contributed by atoms with van der Waals surface area (Å²) in [5.41, 5.74) is 0. The second-order valence-corrected chi connectivity index (χ2v) is 19.0. The molecule has 0 aromatic heterocycles. The maximum atomic E-state index is 12.8. The lowest BCUT2D eigenvalue weighted by molar-refractivity contribution is -0.305. The van der Waals surface area contributed by atoms with Crippen molar-refractivity contribution in [3.63, 3.8) is 0 Å². The van der Waals surface area contributed by atoms with E-state index in [1.165, 1.54) is 212 Å². The summed E-state index contributed by atoms with van der Waals surface area (Å²) >= 11 is 0. The lowest BCUT2D eigenvalue weighted by atomic mass is 9.99. The highest BCUT2D eigenvalue weighted by Gasteiger charge is 2.44. The van der Waals surface area contributed by atoms with Crippen LogP contribution in [0, 0.1) is 0 Å². The lowest BCUT2D eigenvalue weighted by Crippen LogP contribution is -2.59. The average Bonchev–Trinajstić information content (AvgIpc) is 3.28. The van der Waals surface area contributed by atoms with Crippen molar-refractivity contribution in [2.75, 3.05) is 26.4 Å². The van der Waals surface area contributed by atoms with Gasteiger partial charge in [0.2, 0.25) is 0 Å². The minimum atomic E-state index is -1.53. The van der Waals surface area contributed by atoms with E-state index in [4.69, 9.17) is 18.9 Å². The van der Waals surface area contributed by atoms with Crippen molar-refractivity contribution in [3.8, 4) is 0 Å². The lowest BCUT2D eigenvalue weighted by Gasteiger charge is -2.39. The van der Waals surface area contributed by atoms with Crippen LogP contribution in [0.1, 0.15) is 264 Å². The maximum absolute atomic E-state index is 12.8. The Labute approximate surface area is 388 Å². The van der Waals surface area contributed by atoms with Gasteiger partial charge in [-0.25, -0.2) is 0 Å². The van der Waals surface area contributed by atoms with Crippen LogP contribution in [0.2, 0.25) is 0 Å². The fourth-order valence-electron chi connectivity index (χ4n) is 8.67. The third-order valence-electron chi connectivity index (χ3n) is 12.9. The van der Waals surface area contributed by atoms with E-state index in [0.29, 0.717) is 13.0 Å². The SMILES string of the molecule is CCCCCCCCCC/C=C\CCCCCCCCCCCCCCCCOCC(COC1OC(CO)C(O)C(O)C1O)OC(=O)CCCCCCCCCCCCCCCC. The van der Waals surface area contributed by atoms with E-state index in [0.717, 1.165) is 32.1 Å². The molecule has 1 heterocycles. The first kappa shape index (κ1) is 59.9. The minimum Gasteiger partial charge on any atom is -0.457 e. The van der Waals surface area contributed by atoms with Crippen molar-refractivity contribution in [2.45, 2.75) is 301 Å². The smallest absolute Gasteiger partial charge is 0.306 e. The Morgan fingerprint density at radius 3 is 1.29 bits per heavy atom. The van der Waals surface area contributed by atoms with E-state index in [1.54, 1.807) is 0 Å². The molecule has 0 aromatic carbocycles. The Bertz CT molecular complexity index is 977. The molecule has 4 N–H and O–H groups in total. The first-order valence-electron chi connectivity index (χ1n) is 27.3. The van der Waals surface area contributed by atoms with Crippen LogP contribution >= 0.6 is 0 Å². The quantitative estimate of drug-likeness (QED) is 0.0267. The summed E-state index contributed by atoms with van der Waals surface area (Å²) in [6.45, 7) is 4.61. The van der Waals surface area contributed by atoms with Crippen LogP contribution in [-0.2, 0) is 23.7 Å². The summed E-state index contributed by atoms with van der Waals surface area (Å²) in [7, 11) is 0. The van der Waals surface area contributed by atoms with E-state index in [-0.39, 0.29) is 19.2 Å². The van der Waals surface area contributed by atoms with Gasteiger partial charge in [0.25, 0.3) is 0 Å². The van der Waals surface area contributed by atoms with Crippen molar-refractivity contribution in [1.82, 2.24) is 0 Å². The largest absolute Gasteiger partial charge is 0.457 e. The van der Waals surface area contributed by atoms with Gasteiger partial charge in [0.15, 0.2) is 6.29 Å². The number of hydrogen-bond donors (Lipinski definition) is 4. The predicted molar refractivity (Wildman–Crippen MR) is 261 cm³/mol. The second-order valence-electron chi connectivity index (χ2n) is 19.0. The average molecular weight is 897 g/mol. The van der Waals surface area contributed by atoms with Crippen LogP contribution in [0.3, 0.4) is 0 Å². The van der Waals surface area contributed by atoms with Gasteiger partial charge in [-0.2, -0.15) is 0 Å². The Hall–Kier alpha value is -1.07. The molecule has 0 radical (unpaired) electrons. The topological polar surface area (TPSA) is 135 Å². The van der Waals surface area contributed by atoms with Gasteiger partial charge in [-0.3, -0.25) is 4.79 Å². The summed E-state index contributed by atoms with van der Waals surface area (Å²) in [5, 5.41) is 40.2. The van der Waals surface area contributed by atoms with Crippen molar-refractivity contribution in [2.24, 2.45) is 0 Å². The molecule has 0 bridgehead atoms. The molecule has 0 amide bonds. The van der Waals surface area contributed by atoms with E-state index in [9.17, 15) is 25.2 Å². The summed E-state index contributed by atoms with van der Waals surface area (Å²) in [6.07, 6.45) is 46.9. The zero-order valence-corrected chi connectivity index (χ0v) is 41.4. The molecular formula is C54H104O9. The Balaban J connectivity index is 2.12. The summed E-state index contributed by atoms with van der Waals surface area (Å²) in [4.78, 5) is 12.8. The molecule has 0 spiro atoms. The molecule has 6 atom stereocenters. The van der Waals surface area contributed by atoms with Crippen molar-refractivity contribution in [3.05, 3.63) is 12.2 Å². The van der Waals surface area contributed by atoms with Gasteiger partial charge in [-0.1, -0.05) is 231 Å². The van der Waals surface area contributed by atoms with Gasteiger partial charge in [0.1, 0.15) is 30.5 Å². The first-order chi connectivity index (χ1) is 30.9. The van der Waals surface area contributed by atoms with E-state index in [2.05, 4.69) is 26.0 Å². The van der Waals surface area contributed by atoms with E-state index < -0.39 is 43.4 Å². The molecule has 0 aliphatic carbocycles. The molecule has 0 aromatic rings. The molecule has 9 heteroatoms. The second kappa shape index (κ2) is 46.1. The Kier molecular flexibility index (Phi) is 43.8. The van der Waals surface area contributed by atoms with Gasteiger partial charge in [0, 0.05) is 13.0 Å². The molecule has 9 nitrogen and oxygen atoms in total. The number of ether oxygens (including phenoxy) is 4. The third kappa shape index (κ3) is 36.7. The molecule has 0 saturated carbocycles. The summed E-state index contributed by atoms with van der Waals surface area (Å²) in [5.74, 6) is -0.307. The molecule has 1 aliphatic rings. The van der Waals surface area contributed by atoms with E-state index in [1.807, 2.05) is 0 Å². The molecule has 1 rings (SSSR count). The first-order valence-corrected chi connectivity index (χ1v) is 27.3. The normalized spacial score (nSPS) is 19.6. The van der Waals surface area contributed by atoms with Crippen LogP contribution in [0.5, 0.6) is 0 Å². The highest BCUT2D eigenvalue weighted by Crippen LogP contribution is 2.23. The summed E-state index contributed by atoms with van der Waals surface area (Å²) in [6, 6.07) is 0. The number of allylic oxidation sites excluding steroid dienone is 2. The number of aliphatic hydroxyl groups is 4.